The van der Waals surface area contributed by atoms with E-state index in [0.717, 1.165) is 31.2 Å². The maximum absolute atomic E-state index is 11.6. The van der Waals surface area contributed by atoms with Crippen LogP contribution in [0.2, 0.25) is 0 Å². The van der Waals surface area contributed by atoms with Gasteiger partial charge in [-0.3, -0.25) is 0 Å². The van der Waals surface area contributed by atoms with Gasteiger partial charge >= 0.3 is 6.09 Å². The van der Waals surface area contributed by atoms with Gasteiger partial charge in [0.25, 0.3) is 0 Å². The summed E-state index contributed by atoms with van der Waals surface area (Å²) in [6.45, 7) is 10.4. The van der Waals surface area contributed by atoms with Crippen molar-refractivity contribution < 1.29 is 14.3 Å². The molecule has 1 aliphatic rings. The number of alkyl carbamates (subject to hydrolysis) is 1. The second-order valence-corrected chi connectivity index (χ2v) is 7.92. The number of ether oxygens (including phenoxy) is 2. The van der Waals surface area contributed by atoms with Crippen molar-refractivity contribution in [1.29, 1.82) is 0 Å². The largest absolute Gasteiger partial charge is 0.444 e. The zero-order valence-corrected chi connectivity index (χ0v) is 15.6. The summed E-state index contributed by atoms with van der Waals surface area (Å²) in [4.78, 5) is 11.6. The predicted octanol–water partition coefficient (Wildman–Crippen LogP) is 3.33. The fraction of sp³-hybridized carbons (Fsp3) is 0.944. The summed E-state index contributed by atoms with van der Waals surface area (Å²) in [7, 11) is 1.74. The van der Waals surface area contributed by atoms with E-state index in [0.29, 0.717) is 19.2 Å². The lowest BCUT2D eigenvalue weighted by molar-refractivity contribution is 0.0526. The summed E-state index contributed by atoms with van der Waals surface area (Å²) in [6, 6.07) is 0.358. The normalized spacial score (nSPS) is 22.8. The molecule has 0 radical (unpaired) electrons. The smallest absolute Gasteiger partial charge is 0.407 e. The second-order valence-electron chi connectivity index (χ2n) is 7.92. The molecule has 0 aliphatic heterocycles. The summed E-state index contributed by atoms with van der Waals surface area (Å²) < 4.78 is 10.5. The first kappa shape index (κ1) is 20.2. The molecule has 1 saturated carbocycles. The fourth-order valence-corrected chi connectivity index (χ4v) is 3.14. The molecule has 0 aromatic rings. The molecule has 0 aromatic carbocycles. The van der Waals surface area contributed by atoms with Crippen molar-refractivity contribution >= 4 is 6.09 Å². The fourth-order valence-electron chi connectivity index (χ4n) is 3.14. The van der Waals surface area contributed by atoms with E-state index in [2.05, 4.69) is 17.6 Å². The number of methoxy groups -OCH3 is 1. The summed E-state index contributed by atoms with van der Waals surface area (Å²) in [6.07, 6.45) is 5.61. The van der Waals surface area contributed by atoms with Crippen LogP contribution >= 0.6 is 0 Å². The third kappa shape index (κ3) is 9.82. The van der Waals surface area contributed by atoms with E-state index in [4.69, 9.17) is 9.47 Å². The Labute approximate surface area is 141 Å². The summed E-state index contributed by atoms with van der Waals surface area (Å²) in [5.74, 6) is 1.69. The number of hydrogen-bond donors (Lipinski definition) is 2. The Morgan fingerprint density at radius 3 is 2.61 bits per heavy atom. The molecular formula is C18H36N2O3. The monoisotopic (exact) mass is 328 g/mol. The van der Waals surface area contributed by atoms with Gasteiger partial charge in [0, 0.05) is 19.7 Å². The van der Waals surface area contributed by atoms with Crippen LogP contribution in [-0.4, -0.2) is 44.5 Å². The van der Waals surface area contributed by atoms with E-state index in [-0.39, 0.29) is 6.09 Å². The molecule has 23 heavy (non-hydrogen) atoms. The van der Waals surface area contributed by atoms with E-state index < -0.39 is 5.60 Å². The highest BCUT2D eigenvalue weighted by Crippen LogP contribution is 2.29. The lowest BCUT2D eigenvalue weighted by Crippen LogP contribution is -2.37. The zero-order valence-electron chi connectivity index (χ0n) is 15.6. The van der Waals surface area contributed by atoms with Crippen molar-refractivity contribution in [1.82, 2.24) is 10.6 Å². The highest BCUT2D eigenvalue weighted by molar-refractivity contribution is 5.67. The van der Waals surface area contributed by atoms with Gasteiger partial charge in [-0.2, -0.15) is 0 Å². The first-order valence-corrected chi connectivity index (χ1v) is 8.99. The van der Waals surface area contributed by atoms with Gasteiger partial charge in [0.2, 0.25) is 0 Å². The van der Waals surface area contributed by atoms with E-state index in [1.165, 1.54) is 19.3 Å². The first-order valence-electron chi connectivity index (χ1n) is 8.99. The van der Waals surface area contributed by atoms with Crippen molar-refractivity contribution in [2.75, 3.05) is 26.8 Å². The quantitative estimate of drug-likeness (QED) is 0.637. The van der Waals surface area contributed by atoms with Gasteiger partial charge in [0.1, 0.15) is 5.60 Å². The van der Waals surface area contributed by atoms with Crippen LogP contribution in [0.25, 0.3) is 0 Å². The van der Waals surface area contributed by atoms with Crippen LogP contribution < -0.4 is 10.6 Å². The Balaban J connectivity index is 2.16. The van der Waals surface area contributed by atoms with Crippen LogP contribution in [0, 0.1) is 11.8 Å². The average Bonchev–Trinajstić information content (AvgIpc) is 2.84. The first-order chi connectivity index (χ1) is 10.8. The van der Waals surface area contributed by atoms with Gasteiger partial charge in [-0.25, -0.2) is 4.79 Å². The molecule has 5 heteroatoms. The lowest BCUT2D eigenvalue weighted by atomic mass is 10.1. The van der Waals surface area contributed by atoms with E-state index >= 15 is 0 Å². The number of carbonyl (C=O) groups is 1. The summed E-state index contributed by atoms with van der Waals surface area (Å²) >= 11 is 0. The van der Waals surface area contributed by atoms with Crippen LogP contribution in [0.3, 0.4) is 0 Å². The van der Waals surface area contributed by atoms with Crippen LogP contribution in [-0.2, 0) is 9.47 Å². The number of carbonyl (C=O) groups excluding carboxylic acids is 1. The molecule has 1 amide bonds. The minimum absolute atomic E-state index is 0.339. The standard InChI is InChI=1S/C18H36N2O3/c1-14-8-9-15(11-14)12-20-16(13-22-5)7-6-10-19-17(21)23-18(2,3)4/h14-16,20H,6-13H2,1-5H3,(H,19,21). The predicted molar refractivity (Wildman–Crippen MR) is 93.6 cm³/mol. The lowest BCUT2D eigenvalue weighted by Gasteiger charge is -2.21. The number of amides is 1. The van der Waals surface area contributed by atoms with E-state index in [1.54, 1.807) is 7.11 Å². The number of hydrogen-bond acceptors (Lipinski definition) is 4. The van der Waals surface area contributed by atoms with Gasteiger partial charge in [-0.05, 0) is 64.8 Å². The molecule has 0 aromatic heterocycles. The Kier molecular flexibility index (Phi) is 8.92. The number of rotatable bonds is 9. The zero-order chi connectivity index (χ0) is 17.3. The van der Waals surface area contributed by atoms with Gasteiger partial charge in [-0.1, -0.05) is 13.3 Å². The maximum Gasteiger partial charge on any atom is 0.407 e. The molecule has 2 N–H and O–H groups in total. The summed E-state index contributed by atoms with van der Waals surface area (Å²) in [5.41, 5.74) is -0.442. The van der Waals surface area contributed by atoms with E-state index in [9.17, 15) is 4.79 Å². The van der Waals surface area contributed by atoms with Gasteiger partial charge in [0.15, 0.2) is 0 Å². The molecule has 5 nitrogen and oxygen atoms in total. The Morgan fingerprint density at radius 2 is 2.04 bits per heavy atom. The Morgan fingerprint density at radius 1 is 1.30 bits per heavy atom. The van der Waals surface area contributed by atoms with Crippen molar-refractivity contribution in [3.63, 3.8) is 0 Å². The highest BCUT2D eigenvalue weighted by Gasteiger charge is 2.22. The average molecular weight is 328 g/mol. The molecule has 1 aliphatic carbocycles. The van der Waals surface area contributed by atoms with Crippen molar-refractivity contribution in [3.8, 4) is 0 Å². The Bertz CT molecular complexity index is 342. The molecule has 3 unspecified atom stereocenters. The van der Waals surface area contributed by atoms with Crippen molar-refractivity contribution in [3.05, 3.63) is 0 Å². The topological polar surface area (TPSA) is 59.6 Å². The Hall–Kier alpha value is -0.810. The third-order valence-corrected chi connectivity index (χ3v) is 4.26. The van der Waals surface area contributed by atoms with Crippen molar-refractivity contribution in [2.45, 2.75) is 71.4 Å². The molecule has 1 rings (SSSR count). The van der Waals surface area contributed by atoms with Crippen LogP contribution in [0.5, 0.6) is 0 Å². The molecule has 0 heterocycles. The highest BCUT2D eigenvalue weighted by atomic mass is 16.6. The molecular weight excluding hydrogens is 292 g/mol. The van der Waals surface area contributed by atoms with E-state index in [1.807, 2.05) is 20.8 Å². The third-order valence-electron chi connectivity index (χ3n) is 4.26. The van der Waals surface area contributed by atoms with Crippen LogP contribution in [0.4, 0.5) is 4.79 Å². The van der Waals surface area contributed by atoms with Crippen LogP contribution in [0.15, 0.2) is 0 Å². The SMILES string of the molecule is COCC(CCCNC(=O)OC(C)(C)C)NCC1CCC(C)C1. The molecule has 3 atom stereocenters. The number of nitrogens with one attached hydrogen (secondary N) is 2. The van der Waals surface area contributed by atoms with Gasteiger partial charge < -0.3 is 20.1 Å². The molecule has 0 spiro atoms. The van der Waals surface area contributed by atoms with Gasteiger partial charge in [-0.15, -0.1) is 0 Å². The minimum atomic E-state index is -0.442. The molecule has 1 fully saturated rings. The second kappa shape index (κ2) is 10.1. The molecule has 0 bridgehead atoms. The molecule has 0 saturated heterocycles. The van der Waals surface area contributed by atoms with Crippen LogP contribution in [0.1, 0.15) is 59.8 Å². The maximum atomic E-state index is 11.6. The van der Waals surface area contributed by atoms with Gasteiger partial charge in [0.05, 0.1) is 6.61 Å². The molecule has 136 valence electrons. The summed E-state index contributed by atoms with van der Waals surface area (Å²) in [5, 5.41) is 6.45. The minimum Gasteiger partial charge on any atom is -0.444 e. The van der Waals surface area contributed by atoms with Crippen molar-refractivity contribution in [2.24, 2.45) is 11.8 Å².